The second-order valence-corrected chi connectivity index (χ2v) is 8.19. The summed E-state index contributed by atoms with van der Waals surface area (Å²) in [5.41, 5.74) is -0.343. The summed E-state index contributed by atoms with van der Waals surface area (Å²) in [6, 6.07) is 15.8. The number of aromatic carboxylic acids is 1. The second kappa shape index (κ2) is 9.91. The number of allylic oxidation sites excluding steroid dienone is 1. The standard InChI is InChI=1S/C27H18ClF4NO3/c1-2-27(31,32)25-12-10-23(33(25)18-6-3-5-16(13-18)26(34)35)19-14-17(28)9-11-24(19)36-15-20-21(29)7-4-8-22(20)30/h2-14H,1,15H2,(H,34,35). The Kier molecular flexibility index (Phi) is 6.90. The smallest absolute Gasteiger partial charge is 0.335 e. The van der Waals surface area contributed by atoms with Crippen LogP contribution in [-0.2, 0) is 12.5 Å². The average Bonchev–Trinajstić information content (AvgIpc) is 3.30. The van der Waals surface area contributed by atoms with Gasteiger partial charge in [0, 0.05) is 16.3 Å². The number of alkyl halides is 2. The molecule has 0 bridgehead atoms. The molecule has 0 aliphatic rings. The lowest BCUT2D eigenvalue weighted by molar-refractivity contribution is 0.0460. The molecule has 4 rings (SSSR count). The molecule has 36 heavy (non-hydrogen) atoms. The summed E-state index contributed by atoms with van der Waals surface area (Å²) in [5.74, 6) is -6.20. The fraction of sp³-hybridized carbons (Fsp3) is 0.0741. The normalized spacial score (nSPS) is 11.4. The minimum absolute atomic E-state index is 0.113. The van der Waals surface area contributed by atoms with E-state index in [-0.39, 0.29) is 38.8 Å². The summed E-state index contributed by atoms with van der Waals surface area (Å²) in [5, 5.41) is 9.65. The van der Waals surface area contributed by atoms with Gasteiger partial charge >= 0.3 is 11.9 Å². The maximum Gasteiger partial charge on any atom is 0.335 e. The number of carboxylic acid groups (broad SMARTS) is 1. The summed E-state index contributed by atoms with van der Waals surface area (Å²) in [4.78, 5) is 11.5. The molecular formula is C27H18ClF4NO3. The molecule has 0 atom stereocenters. The number of aromatic nitrogens is 1. The molecule has 0 amide bonds. The van der Waals surface area contributed by atoms with Gasteiger partial charge in [0.25, 0.3) is 0 Å². The Morgan fingerprint density at radius 1 is 1.03 bits per heavy atom. The molecule has 0 spiro atoms. The van der Waals surface area contributed by atoms with Crippen LogP contribution in [0.15, 0.2) is 85.5 Å². The van der Waals surface area contributed by atoms with Crippen LogP contribution in [0.1, 0.15) is 21.6 Å². The van der Waals surface area contributed by atoms with E-state index >= 15 is 0 Å². The first kappa shape index (κ1) is 25.1. The van der Waals surface area contributed by atoms with Gasteiger partial charge in [-0.1, -0.05) is 30.3 Å². The summed E-state index contributed by atoms with van der Waals surface area (Å²) in [6.07, 6.45) is 0.472. The summed E-state index contributed by atoms with van der Waals surface area (Å²) in [6.45, 7) is 2.73. The monoisotopic (exact) mass is 515 g/mol. The van der Waals surface area contributed by atoms with Gasteiger partial charge < -0.3 is 14.4 Å². The van der Waals surface area contributed by atoms with Crippen molar-refractivity contribution >= 4 is 17.6 Å². The Labute approximate surface area is 208 Å². The summed E-state index contributed by atoms with van der Waals surface area (Å²) < 4.78 is 64.8. The average molecular weight is 516 g/mol. The number of hydrogen-bond donors (Lipinski definition) is 1. The quantitative estimate of drug-likeness (QED) is 0.194. The van der Waals surface area contributed by atoms with Gasteiger partial charge in [-0.05, 0) is 66.7 Å². The van der Waals surface area contributed by atoms with E-state index in [1.54, 1.807) is 0 Å². The number of nitrogens with zero attached hydrogens (tertiary/aromatic N) is 1. The van der Waals surface area contributed by atoms with Crippen LogP contribution in [0.3, 0.4) is 0 Å². The molecule has 4 aromatic rings. The van der Waals surface area contributed by atoms with Gasteiger partial charge in [-0.3, -0.25) is 0 Å². The Balaban J connectivity index is 1.89. The number of rotatable bonds is 8. The van der Waals surface area contributed by atoms with E-state index in [1.807, 2.05) is 0 Å². The van der Waals surface area contributed by atoms with Crippen molar-refractivity contribution < 1.29 is 32.2 Å². The van der Waals surface area contributed by atoms with E-state index in [0.29, 0.717) is 6.08 Å². The number of benzene rings is 3. The number of ether oxygens (including phenoxy) is 1. The molecule has 0 saturated carbocycles. The molecule has 4 nitrogen and oxygen atoms in total. The molecule has 1 heterocycles. The highest BCUT2D eigenvalue weighted by molar-refractivity contribution is 6.31. The Morgan fingerprint density at radius 2 is 1.72 bits per heavy atom. The first-order chi connectivity index (χ1) is 17.1. The van der Waals surface area contributed by atoms with Crippen molar-refractivity contribution in [2.24, 2.45) is 0 Å². The maximum atomic E-state index is 14.9. The Bertz CT molecular complexity index is 1450. The van der Waals surface area contributed by atoms with Gasteiger partial charge in [0.15, 0.2) is 0 Å². The van der Waals surface area contributed by atoms with Gasteiger partial charge in [0.05, 0.1) is 22.5 Å². The Morgan fingerprint density at radius 3 is 2.39 bits per heavy atom. The highest BCUT2D eigenvalue weighted by atomic mass is 35.5. The molecule has 0 aliphatic heterocycles. The van der Waals surface area contributed by atoms with Crippen molar-refractivity contribution in [1.82, 2.24) is 4.57 Å². The third kappa shape index (κ3) is 4.85. The van der Waals surface area contributed by atoms with Gasteiger partial charge in [-0.2, -0.15) is 8.78 Å². The van der Waals surface area contributed by atoms with Crippen LogP contribution >= 0.6 is 11.6 Å². The molecule has 0 aliphatic carbocycles. The molecule has 9 heteroatoms. The van der Waals surface area contributed by atoms with Crippen molar-refractivity contribution in [2.75, 3.05) is 0 Å². The summed E-state index contributed by atoms with van der Waals surface area (Å²) in [7, 11) is 0. The Hall–Kier alpha value is -4.04. The zero-order valence-electron chi connectivity index (χ0n) is 18.5. The molecule has 1 N–H and O–H groups in total. The largest absolute Gasteiger partial charge is 0.488 e. The van der Waals surface area contributed by atoms with Crippen LogP contribution in [0.4, 0.5) is 17.6 Å². The molecule has 184 valence electrons. The van der Waals surface area contributed by atoms with Crippen LogP contribution < -0.4 is 4.74 Å². The van der Waals surface area contributed by atoms with Gasteiger partial charge in [0.2, 0.25) is 0 Å². The number of halogens is 5. The van der Waals surface area contributed by atoms with Crippen molar-refractivity contribution in [3.05, 3.63) is 119 Å². The van der Waals surface area contributed by atoms with E-state index in [9.17, 15) is 27.5 Å². The van der Waals surface area contributed by atoms with Gasteiger partial charge in [0.1, 0.15) is 24.0 Å². The number of carbonyl (C=O) groups is 1. The lowest BCUT2D eigenvalue weighted by Gasteiger charge is -2.20. The van der Waals surface area contributed by atoms with Crippen molar-refractivity contribution in [3.8, 4) is 22.7 Å². The molecular weight excluding hydrogens is 498 g/mol. The van der Waals surface area contributed by atoms with E-state index < -0.39 is 35.8 Å². The predicted octanol–water partition coefficient (Wildman–Crippen LogP) is 7.63. The van der Waals surface area contributed by atoms with Crippen LogP contribution in [0.2, 0.25) is 5.02 Å². The summed E-state index contributed by atoms with van der Waals surface area (Å²) >= 11 is 6.20. The molecule has 0 unspecified atom stereocenters. The lowest BCUT2D eigenvalue weighted by Crippen LogP contribution is -2.16. The minimum Gasteiger partial charge on any atom is -0.488 e. The SMILES string of the molecule is C=CC(F)(F)c1ccc(-c2cc(Cl)ccc2OCc2c(F)cccc2F)n1-c1cccc(C(=O)O)c1. The number of carboxylic acids is 1. The maximum absolute atomic E-state index is 14.9. The van der Waals surface area contributed by atoms with E-state index in [4.69, 9.17) is 16.3 Å². The highest BCUT2D eigenvalue weighted by Gasteiger charge is 2.33. The first-order valence-corrected chi connectivity index (χ1v) is 10.9. The van der Waals surface area contributed by atoms with E-state index in [0.717, 1.165) is 16.7 Å². The lowest BCUT2D eigenvalue weighted by atomic mass is 10.1. The van der Waals surface area contributed by atoms with Crippen molar-refractivity contribution in [3.63, 3.8) is 0 Å². The molecule has 3 aromatic carbocycles. The zero-order chi connectivity index (χ0) is 26.0. The van der Waals surface area contributed by atoms with Crippen LogP contribution in [0.25, 0.3) is 16.9 Å². The van der Waals surface area contributed by atoms with Gasteiger partial charge in [-0.15, -0.1) is 0 Å². The topological polar surface area (TPSA) is 51.5 Å². The third-order valence-corrected chi connectivity index (χ3v) is 5.72. The fourth-order valence-corrected chi connectivity index (χ4v) is 3.89. The molecule has 0 saturated heterocycles. The van der Waals surface area contributed by atoms with Gasteiger partial charge in [-0.25, -0.2) is 13.6 Å². The third-order valence-electron chi connectivity index (χ3n) is 5.48. The minimum atomic E-state index is -3.48. The molecule has 0 radical (unpaired) electrons. The van der Waals surface area contributed by atoms with Crippen molar-refractivity contribution in [2.45, 2.75) is 12.5 Å². The van der Waals surface area contributed by atoms with Crippen LogP contribution in [0, 0.1) is 11.6 Å². The second-order valence-electron chi connectivity index (χ2n) is 7.75. The molecule has 0 fully saturated rings. The fourth-order valence-electron chi connectivity index (χ4n) is 3.72. The highest BCUT2D eigenvalue weighted by Crippen LogP contribution is 2.40. The molecule has 1 aromatic heterocycles. The zero-order valence-corrected chi connectivity index (χ0v) is 19.3. The predicted molar refractivity (Wildman–Crippen MR) is 128 cm³/mol. The van der Waals surface area contributed by atoms with Crippen molar-refractivity contribution in [1.29, 1.82) is 0 Å². The number of hydrogen-bond acceptors (Lipinski definition) is 2. The van der Waals surface area contributed by atoms with E-state index in [2.05, 4.69) is 6.58 Å². The van der Waals surface area contributed by atoms with Crippen LogP contribution in [0.5, 0.6) is 5.75 Å². The first-order valence-electron chi connectivity index (χ1n) is 10.6. The van der Waals surface area contributed by atoms with E-state index in [1.165, 1.54) is 60.7 Å². The van der Waals surface area contributed by atoms with Crippen LogP contribution in [-0.4, -0.2) is 15.6 Å².